The van der Waals surface area contributed by atoms with Gasteiger partial charge in [0.15, 0.2) is 0 Å². The van der Waals surface area contributed by atoms with Crippen molar-refractivity contribution in [2.75, 3.05) is 19.6 Å². The SMILES string of the molecule is CCC1CN(CC2(C)CCCCC2)C(C(C)C)CN1. The van der Waals surface area contributed by atoms with Crippen LogP contribution in [0.1, 0.15) is 66.2 Å². The smallest absolute Gasteiger partial charge is 0.0244 e. The van der Waals surface area contributed by atoms with Crippen LogP contribution in [0.3, 0.4) is 0 Å². The fourth-order valence-corrected chi connectivity index (χ4v) is 4.07. The lowest BCUT2D eigenvalue weighted by Crippen LogP contribution is -2.60. The quantitative estimate of drug-likeness (QED) is 0.835. The summed E-state index contributed by atoms with van der Waals surface area (Å²) in [6, 6.07) is 1.45. The van der Waals surface area contributed by atoms with Gasteiger partial charge < -0.3 is 5.32 Å². The van der Waals surface area contributed by atoms with E-state index in [0.717, 1.165) is 12.0 Å². The minimum Gasteiger partial charge on any atom is -0.311 e. The van der Waals surface area contributed by atoms with E-state index >= 15 is 0 Å². The third-order valence-corrected chi connectivity index (χ3v) is 5.45. The van der Waals surface area contributed by atoms with E-state index in [0.29, 0.717) is 11.5 Å². The highest BCUT2D eigenvalue weighted by Gasteiger charge is 2.35. The Kier molecular flexibility index (Phi) is 5.30. The topological polar surface area (TPSA) is 15.3 Å². The van der Waals surface area contributed by atoms with E-state index in [4.69, 9.17) is 0 Å². The minimum atomic E-state index is 0.584. The highest BCUT2D eigenvalue weighted by molar-refractivity contribution is 4.91. The minimum absolute atomic E-state index is 0.584. The molecule has 1 saturated carbocycles. The van der Waals surface area contributed by atoms with Gasteiger partial charge in [-0.25, -0.2) is 0 Å². The van der Waals surface area contributed by atoms with Gasteiger partial charge in [0.05, 0.1) is 0 Å². The second-order valence-corrected chi connectivity index (χ2v) is 7.63. The maximum absolute atomic E-state index is 3.74. The molecule has 2 heteroatoms. The van der Waals surface area contributed by atoms with Crippen LogP contribution in [0.5, 0.6) is 0 Å². The summed E-state index contributed by atoms with van der Waals surface area (Å²) >= 11 is 0. The molecule has 2 unspecified atom stereocenters. The summed E-state index contributed by atoms with van der Waals surface area (Å²) < 4.78 is 0. The van der Waals surface area contributed by atoms with Gasteiger partial charge in [-0.15, -0.1) is 0 Å². The average molecular weight is 266 g/mol. The molecule has 19 heavy (non-hydrogen) atoms. The fourth-order valence-electron chi connectivity index (χ4n) is 4.07. The molecule has 0 amide bonds. The van der Waals surface area contributed by atoms with E-state index in [9.17, 15) is 0 Å². The van der Waals surface area contributed by atoms with Crippen LogP contribution in [-0.2, 0) is 0 Å². The van der Waals surface area contributed by atoms with Crippen molar-refractivity contribution in [3.8, 4) is 0 Å². The Morgan fingerprint density at radius 1 is 1.21 bits per heavy atom. The zero-order chi connectivity index (χ0) is 13.9. The molecular formula is C17H34N2. The van der Waals surface area contributed by atoms with Gasteiger partial charge >= 0.3 is 0 Å². The zero-order valence-corrected chi connectivity index (χ0v) is 13.5. The molecule has 112 valence electrons. The third kappa shape index (κ3) is 3.95. The molecule has 1 aliphatic heterocycles. The predicted molar refractivity (Wildman–Crippen MR) is 83.5 cm³/mol. The van der Waals surface area contributed by atoms with Gasteiger partial charge in [0.2, 0.25) is 0 Å². The van der Waals surface area contributed by atoms with Crippen LogP contribution in [0.2, 0.25) is 0 Å². The summed E-state index contributed by atoms with van der Waals surface area (Å²) in [5, 5.41) is 3.74. The first kappa shape index (κ1) is 15.3. The molecule has 0 aromatic rings. The van der Waals surface area contributed by atoms with Crippen LogP contribution in [-0.4, -0.2) is 36.6 Å². The van der Waals surface area contributed by atoms with E-state index in [1.54, 1.807) is 0 Å². The average Bonchev–Trinajstić information content (AvgIpc) is 2.38. The number of rotatable bonds is 4. The standard InChI is InChI=1S/C17H34N2/c1-5-15-12-19(16(11-18-15)14(2)3)13-17(4)9-7-6-8-10-17/h14-16,18H,5-13H2,1-4H3. The molecule has 1 saturated heterocycles. The predicted octanol–water partition coefficient (Wildman–Crippen LogP) is 3.67. The molecule has 0 spiro atoms. The number of hydrogen-bond acceptors (Lipinski definition) is 2. The van der Waals surface area contributed by atoms with Gasteiger partial charge in [-0.2, -0.15) is 0 Å². The lowest BCUT2D eigenvalue weighted by molar-refractivity contribution is 0.0391. The van der Waals surface area contributed by atoms with Crippen LogP contribution in [0.25, 0.3) is 0 Å². The molecule has 2 fully saturated rings. The number of piperazine rings is 1. The largest absolute Gasteiger partial charge is 0.311 e. The Morgan fingerprint density at radius 2 is 1.89 bits per heavy atom. The molecule has 0 bridgehead atoms. The van der Waals surface area contributed by atoms with Crippen molar-refractivity contribution >= 4 is 0 Å². The number of nitrogens with one attached hydrogen (secondary N) is 1. The van der Waals surface area contributed by atoms with E-state index in [1.165, 1.54) is 58.2 Å². The first-order valence-electron chi connectivity index (χ1n) is 8.51. The molecular weight excluding hydrogens is 232 g/mol. The van der Waals surface area contributed by atoms with Gasteiger partial charge in [-0.1, -0.05) is 47.0 Å². The van der Waals surface area contributed by atoms with E-state index < -0.39 is 0 Å². The molecule has 1 heterocycles. The summed E-state index contributed by atoms with van der Waals surface area (Å²) in [4.78, 5) is 2.82. The molecule has 0 aromatic carbocycles. The summed E-state index contributed by atoms with van der Waals surface area (Å²) in [6.45, 7) is 13.4. The Labute approximate surface area is 120 Å². The maximum Gasteiger partial charge on any atom is 0.0244 e. The van der Waals surface area contributed by atoms with Crippen molar-refractivity contribution in [1.29, 1.82) is 0 Å². The van der Waals surface area contributed by atoms with Crippen molar-refractivity contribution in [2.45, 2.75) is 78.3 Å². The van der Waals surface area contributed by atoms with E-state index in [2.05, 4.69) is 37.9 Å². The highest BCUT2D eigenvalue weighted by Crippen LogP contribution is 2.37. The monoisotopic (exact) mass is 266 g/mol. The number of nitrogens with zero attached hydrogens (tertiary/aromatic N) is 1. The molecule has 0 radical (unpaired) electrons. The zero-order valence-electron chi connectivity index (χ0n) is 13.5. The van der Waals surface area contributed by atoms with Crippen LogP contribution in [0.15, 0.2) is 0 Å². The van der Waals surface area contributed by atoms with Gasteiger partial charge in [-0.05, 0) is 30.6 Å². The van der Waals surface area contributed by atoms with E-state index in [-0.39, 0.29) is 0 Å². The highest BCUT2D eigenvalue weighted by atomic mass is 15.2. The molecule has 2 nitrogen and oxygen atoms in total. The van der Waals surface area contributed by atoms with Gasteiger partial charge in [-0.3, -0.25) is 4.90 Å². The normalized spacial score (nSPS) is 32.7. The number of hydrogen-bond donors (Lipinski definition) is 1. The third-order valence-electron chi connectivity index (χ3n) is 5.45. The van der Waals surface area contributed by atoms with Crippen LogP contribution in [0.4, 0.5) is 0 Å². The lowest BCUT2D eigenvalue weighted by atomic mass is 9.75. The van der Waals surface area contributed by atoms with Crippen LogP contribution >= 0.6 is 0 Å². The Bertz CT molecular complexity index is 268. The summed E-state index contributed by atoms with van der Waals surface area (Å²) in [5.41, 5.74) is 0.584. The second-order valence-electron chi connectivity index (χ2n) is 7.63. The van der Waals surface area contributed by atoms with Crippen molar-refractivity contribution in [3.05, 3.63) is 0 Å². The molecule has 1 aliphatic carbocycles. The van der Waals surface area contributed by atoms with Crippen LogP contribution in [0, 0.1) is 11.3 Å². The second kappa shape index (κ2) is 6.58. The maximum atomic E-state index is 3.74. The Balaban J connectivity index is 2.00. The van der Waals surface area contributed by atoms with Gasteiger partial charge in [0.1, 0.15) is 0 Å². The summed E-state index contributed by atoms with van der Waals surface area (Å²) in [5.74, 6) is 0.762. The van der Waals surface area contributed by atoms with Gasteiger partial charge in [0, 0.05) is 31.7 Å². The summed E-state index contributed by atoms with van der Waals surface area (Å²) in [6.07, 6.45) is 8.51. The van der Waals surface area contributed by atoms with E-state index in [1.807, 2.05) is 0 Å². The molecule has 1 N–H and O–H groups in total. The molecule has 0 aromatic heterocycles. The Hall–Kier alpha value is -0.0800. The first-order valence-corrected chi connectivity index (χ1v) is 8.51. The molecule has 2 atom stereocenters. The van der Waals surface area contributed by atoms with Crippen molar-refractivity contribution in [1.82, 2.24) is 10.2 Å². The van der Waals surface area contributed by atoms with Crippen molar-refractivity contribution < 1.29 is 0 Å². The molecule has 2 rings (SSSR count). The lowest BCUT2D eigenvalue weighted by Gasteiger charge is -2.47. The van der Waals surface area contributed by atoms with Crippen molar-refractivity contribution in [2.24, 2.45) is 11.3 Å². The van der Waals surface area contributed by atoms with Gasteiger partial charge in [0.25, 0.3) is 0 Å². The summed E-state index contributed by atoms with van der Waals surface area (Å²) in [7, 11) is 0. The first-order chi connectivity index (χ1) is 9.04. The fraction of sp³-hybridized carbons (Fsp3) is 1.00. The van der Waals surface area contributed by atoms with Crippen LogP contribution < -0.4 is 5.32 Å². The molecule has 2 aliphatic rings. The van der Waals surface area contributed by atoms with Crippen molar-refractivity contribution in [3.63, 3.8) is 0 Å². The Morgan fingerprint density at radius 3 is 2.47 bits per heavy atom.